The minimum absolute atomic E-state index is 0.0462. The van der Waals surface area contributed by atoms with Gasteiger partial charge in [-0.05, 0) is 57.8 Å². The average Bonchev–Trinajstić information content (AvgIpc) is 2.78. The predicted octanol–water partition coefficient (Wildman–Crippen LogP) is -0.998. The van der Waals surface area contributed by atoms with Crippen molar-refractivity contribution in [3.63, 3.8) is 0 Å². The van der Waals surface area contributed by atoms with Crippen LogP contribution in [0.1, 0.15) is 65.2 Å². The molecule has 0 aromatic rings. The van der Waals surface area contributed by atoms with E-state index in [-0.39, 0.29) is 41.7 Å². The van der Waals surface area contributed by atoms with Gasteiger partial charge in [0.15, 0.2) is 17.9 Å². The van der Waals surface area contributed by atoms with Gasteiger partial charge >= 0.3 is 0 Å². The molecule has 1 amide bonds. The number of guanidine groups is 3. The maximum Gasteiger partial charge on any atom is 0.223 e. The van der Waals surface area contributed by atoms with Gasteiger partial charge < -0.3 is 49.3 Å². The number of hydrogen-bond donors (Lipinski definition) is 12. The first kappa shape index (κ1) is 32.2. The van der Waals surface area contributed by atoms with Gasteiger partial charge in [0.1, 0.15) is 0 Å². The Hall–Kier alpha value is -2.80. The molecule has 0 saturated heterocycles. The Labute approximate surface area is 209 Å². The summed E-state index contributed by atoms with van der Waals surface area (Å²) in [7, 11) is 0. The first-order chi connectivity index (χ1) is 16.5. The highest BCUT2D eigenvalue weighted by molar-refractivity contribution is 5.79. The summed E-state index contributed by atoms with van der Waals surface area (Å²) >= 11 is 0. The van der Waals surface area contributed by atoms with Crippen molar-refractivity contribution in [2.24, 2.45) is 34.8 Å². The van der Waals surface area contributed by atoms with Gasteiger partial charge in [0.2, 0.25) is 5.91 Å². The molecule has 5 atom stereocenters. The summed E-state index contributed by atoms with van der Waals surface area (Å²) in [6.07, 6.45) is 4.42. The van der Waals surface area contributed by atoms with E-state index in [0.717, 1.165) is 12.8 Å². The lowest BCUT2D eigenvalue weighted by Crippen LogP contribution is -2.43. The summed E-state index contributed by atoms with van der Waals surface area (Å²) in [5.41, 5.74) is 22.2. The summed E-state index contributed by atoms with van der Waals surface area (Å²) in [6.45, 7) is 5.50. The Morgan fingerprint density at radius 1 is 0.857 bits per heavy atom. The van der Waals surface area contributed by atoms with Gasteiger partial charge in [-0.15, -0.1) is 0 Å². The second-order valence-electron chi connectivity index (χ2n) is 9.11. The van der Waals surface area contributed by atoms with Crippen LogP contribution in [0.2, 0.25) is 0 Å². The predicted molar refractivity (Wildman–Crippen MR) is 141 cm³/mol. The fourth-order valence-electron chi connectivity index (χ4n) is 3.99. The molecule has 0 aliphatic heterocycles. The van der Waals surface area contributed by atoms with Gasteiger partial charge in [-0.3, -0.25) is 21.0 Å². The number of rotatable bonds is 19. The van der Waals surface area contributed by atoms with Crippen LogP contribution >= 0.6 is 0 Å². The van der Waals surface area contributed by atoms with Gasteiger partial charge in [0, 0.05) is 37.6 Å². The van der Waals surface area contributed by atoms with E-state index < -0.39 is 12.1 Å². The summed E-state index contributed by atoms with van der Waals surface area (Å²) in [5.74, 6) is -0.790. The molecule has 35 heavy (non-hydrogen) atoms. The van der Waals surface area contributed by atoms with E-state index >= 15 is 0 Å². The fraction of sp³-hybridized carbons (Fsp3) is 0.818. The smallest absolute Gasteiger partial charge is 0.223 e. The third-order valence-electron chi connectivity index (χ3n) is 6.00. The number of nitrogens with two attached hydrogens (primary N) is 4. The number of hydrogen-bond acceptors (Lipinski definition) is 6. The lowest BCUT2D eigenvalue weighted by molar-refractivity contribution is -0.126. The molecule has 0 heterocycles. The van der Waals surface area contributed by atoms with Gasteiger partial charge in [0.05, 0.1) is 6.10 Å². The van der Waals surface area contributed by atoms with Crippen LogP contribution in [0.25, 0.3) is 0 Å². The normalized spacial score (nSPS) is 15.2. The van der Waals surface area contributed by atoms with Crippen LogP contribution in [0.3, 0.4) is 0 Å². The van der Waals surface area contributed by atoms with Crippen LogP contribution in [-0.4, -0.2) is 66.7 Å². The van der Waals surface area contributed by atoms with Crippen LogP contribution in [-0.2, 0) is 4.79 Å². The van der Waals surface area contributed by atoms with E-state index in [1.165, 1.54) is 0 Å². The second kappa shape index (κ2) is 18.5. The third-order valence-corrected chi connectivity index (χ3v) is 6.00. The van der Waals surface area contributed by atoms with Crippen LogP contribution < -0.4 is 44.2 Å². The van der Waals surface area contributed by atoms with Crippen LogP contribution in [0.4, 0.5) is 0 Å². The summed E-state index contributed by atoms with van der Waals surface area (Å²) < 4.78 is 0. The SMILES string of the molecule is CCC(CC(CCCNC(=N)N)C(=O)NC(C)CCCNC(=N)N)[C@@H](O)C(N)CCCNC(=N)N. The first-order valence-electron chi connectivity index (χ1n) is 12.5. The molecule has 0 aromatic heterocycles. The fourth-order valence-corrected chi connectivity index (χ4v) is 3.99. The number of aliphatic hydroxyl groups is 1. The van der Waals surface area contributed by atoms with Crippen molar-refractivity contribution in [3.05, 3.63) is 0 Å². The van der Waals surface area contributed by atoms with E-state index in [9.17, 15) is 9.90 Å². The van der Waals surface area contributed by atoms with Crippen LogP contribution in [0, 0.1) is 28.1 Å². The maximum atomic E-state index is 13.1. The van der Waals surface area contributed by atoms with Gasteiger partial charge in [0.25, 0.3) is 0 Å². The number of amides is 1. The highest BCUT2D eigenvalue weighted by atomic mass is 16.3. The van der Waals surface area contributed by atoms with Crippen molar-refractivity contribution in [1.82, 2.24) is 21.3 Å². The zero-order valence-electron chi connectivity index (χ0n) is 21.3. The minimum atomic E-state index is -0.752. The van der Waals surface area contributed by atoms with Crippen molar-refractivity contribution in [2.75, 3.05) is 19.6 Å². The third kappa shape index (κ3) is 16.5. The molecule has 0 aromatic carbocycles. The maximum absolute atomic E-state index is 13.1. The Morgan fingerprint density at radius 2 is 1.31 bits per heavy atom. The molecule has 0 bridgehead atoms. The largest absolute Gasteiger partial charge is 0.391 e. The second-order valence-corrected chi connectivity index (χ2v) is 9.11. The molecule has 0 fully saturated rings. The van der Waals surface area contributed by atoms with Crippen molar-refractivity contribution < 1.29 is 9.90 Å². The Balaban J connectivity index is 4.98. The Bertz CT molecular complexity index is 647. The van der Waals surface area contributed by atoms with Gasteiger partial charge in [-0.2, -0.15) is 0 Å². The molecule has 13 heteroatoms. The van der Waals surface area contributed by atoms with E-state index in [0.29, 0.717) is 58.2 Å². The molecule has 13 nitrogen and oxygen atoms in total. The standard InChI is InChI=1S/C22H49N11O2/c1-3-15(18(34)17(23)9-6-12-32-22(28)29)13-16(8-5-11-31-21(26)27)19(35)33-14(2)7-4-10-30-20(24)25/h14-18,34H,3-13,23H2,1-2H3,(H,33,35)(H4,24,25,30)(H4,26,27,31)(H4,28,29,32)/t14?,15?,16?,17?,18-/m1/s1. The van der Waals surface area contributed by atoms with Crippen molar-refractivity contribution in [2.45, 2.75) is 83.4 Å². The quantitative estimate of drug-likeness (QED) is 0.0589. The lowest BCUT2D eigenvalue weighted by atomic mass is 9.82. The van der Waals surface area contributed by atoms with Crippen molar-refractivity contribution >= 4 is 23.8 Å². The molecule has 0 radical (unpaired) electrons. The monoisotopic (exact) mass is 499 g/mol. The van der Waals surface area contributed by atoms with Crippen molar-refractivity contribution in [1.29, 1.82) is 16.2 Å². The number of carbonyl (C=O) groups excluding carboxylic acids is 1. The van der Waals surface area contributed by atoms with Crippen LogP contribution in [0.15, 0.2) is 0 Å². The summed E-state index contributed by atoms with van der Waals surface area (Å²) in [6, 6.07) is -0.486. The summed E-state index contributed by atoms with van der Waals surface area (Å²) in [5, 5.41) is 43.9. The molecule has 0 aliphatic carbocycles. The van der Waals surface area contributed by atoms with Crippen LogP contribution in [0.5, 0.6) is 0 Å². The zero-order valence-corrected chi connectivity index (χ0v) is 21.3. The topological polar surface area (TPSA) is 261 Å². The van der Waals surface area contributed by atoms with E-state index in [1.54, 1.807) is 0 Å². The number of aliphatic hydroxyl groups excluding tert-OH is 1. The summed E-state index contributed by atoms with van der Waals surface area (Å²) in [4.78, 5) is 13.1. The minimum Gasteiger partial charge on any atom is -0.391 e. The molecular formula is C22H49N11O2. The molecular weight excluding hydrogens is 450 g/mol. The molecule has 16 N–H and O–H groups in total. The van der Waals surface area contributed by atoms with Gasteiger partial charge in [-0.25, -0.2) is 0 Å². The van der Waals surface area contributed by atoms with E-state index in [4.69, 9.17) is 39.2 Å². The highest BCUT2D eigenvalue weighted by Gasteiger charge is 2.29. The lowest BCUT2D eigenvalue weighted by Gasteiger charge is -2.30. The Kier molecular flexibility index (Phi) is 17.0. The number of carbonyl (C=O) groups is 1. The van der Waals surface area contributed by atoms with E-state index in [1.807, 2.05) is 13.8 Å². The molecule has 4 unspecified atom stereocenters. The van der Waals surface area contributed by atoms with E-state index in [2.05, 4.69) is 21.3 Å². The number of nitrogens with one attached hydrogen (secondary N) is 7. The average molecular weight is 500 g/mol. The molecule has 0 rings (SSSR count). The first-order valence-corrected chi connectivity index (χ1v) is 12.5. The molecule has 0 aliphatic rings. The zero-order chi connectivity index (χ0) is 26.8. The molecule has 204 valence electrons. The molecule has 0 spiro atoms. The molecule has 0 saturated carbocycles. The Morgan fingerprint density at radius 3 is 1.77 bits per heavy atom. The van der Waals surface area contributed by atoms with Gasteiger partial charge in [-0.1, -0.05) is 13.3 Å². The highest BCUT2D eigenvalue weighted by Crippen LogP contribution is 2.25. The van der Waals surface area contributed by atoms with Crippen molar-refractivity contribution in [3.8, 4) is 0 Å².